The predicted molar refractivity (Wildman–Crippen MR) is 94.3 cm³/mol. The standard InChI is InChI=1S/C19H14O6S/c20-18(13-5-2-1-3-6-13)14-9-11-15(12-10-14)25-16-7-4-8-17(19(16)21)26(22,23)24/h1-12,21H,(H,22,23,24). The van der Waals surface area contributed by atoms with Crippen LogP contribution in [0.1, 0.15) is 15.9 Å². The van der Waals surface area contributed by atoms with E-state index in [1.807, 2.05) is 6.07 Å². The van der Waals surface area contributed by atoms with Crippen LogP contribution in [-0.4, -0.2) is 23.9 Å². The molecule has 0 aromatic heterocycles. The molecule has 26 heavy (non-hydrogen) atoms. The van der Waals surface area contributed by atoms with Gasteiger partial charge in [-0.25, -0.2) is 0 Å². The zero-order valence-corrected chi connectivity index (χ0v) is 14.2. The topological polar surface area (TPSA) is 101 Å². The van der Waals surface area contributed by atoms with Crippen molar-refractivity contribution in [3.05, 3.63) is 83.9 Å². The Balaban J connectivity index is 1.84. The highest BCUT2D eigenvalue weighted by molar-refractivity contribution is 7.86. The zero-order chi connectivity index (χ0) is 18.7. The summed E-state index contributed by atoms with van der Waals surface area (Å²) in [6.45, 7) is 0. The number of hydrogen-bond donors (Lipinski definition) is 2. The van der Waals surface area contributed by atoms with Crippen molar-refractivity contribution < 1.29 is 27.6 Å². The highest BCUT2D eigenvalue weighted by Gasteiger charge is 2.19. The smallest absolute Gasteiger partial charge is 0.298 e. The van der Waals surface area contributed by atoms with Crippen LogP contribution in [0, 0.1) is 0 Å². The quantitative estimate of drug-likeness (QED) is 0.525. The molecule has 0 saturated carbocycles. The summed E-state index contributed by atoms with van der Waals surface area (Å²) < 4.78 is 37.0. The molecule has 0 heterocycles. The zero-order valence-electron chi connectivity index (χ0n) is 13.4. The monoisotopic (exact) mass is 370 g/mol. The van der Waals surface area contributed by atoms with Crippen molar-refractivity contribution in [2.45, 2.75) is 4.90 Å². The lowest BCUT2D eigenvalue weighted by Crippen LogP contribution is -2.01. The van der Waals surface area contributed by atoms with Gasteiger partial charge in [-0.15, -0.1) is 0 Å². The fourth-order valence-electron chi connectivity index (χ4n) is 2.35. The van der Waals surface area contributed by atoms with Gasteiger partial charge >= 0.3 is 0 Å². The number of carbonyl (C=O) groups is 1. The van der Waals surface area contributed by atoms with Gasteiger partial charge in [0.25, 0.3) is 10.1 Å². The van der Waals surface area contributed by atoms with Gasteiger partial charge in [0, 0.05) is 11.1 Å². The predicted octanol–water partition coefficient (Wildman–Crippen LogP) is 3.66. The SMILES string of the molecule is O=C(c1ccccc1)c1ccc(Oc2cccc(S(=O)(=O)O)c2O)cc1. The number of phenols is 1. The van der Waals surface area contributed by atoms with E-state index in [1.54, 1.807) is 36.4 Å². The van der Waals surface area contributed by atoms with Crippen LogP contribution in [0.2, 0.25) is 0 Å². The molecule has 0 aliphatic heterocycles. The number of carbonyl (C=O) groups excluding carboxylic acids is 1. The molecule has 132 valence electrons. The van der Waals surface area contributed by atoms with Crippen LogP contribution in [-0.2, 0) is 10.1 Å². The maximum atomic E-state index is 12.3. The van der Waals surface area contributed by atoms with Crippen molar-refractivity contribution in [1.82, 2.24) is 0 Å². The number of rotatable bonds is 5. The highest BCUT2D eigenvalue weighted by Crippen LogP contribution is 2.35. The Bertz CT molecular complexity index is 1040. The van der Waals surface area contributed by atoms with Crippen molar-refractivity contribution in [2.24, 2.45) is 0 Å². The van der Waals surface area contributed by atoms with E-state index in [-0.39, 0.29) is 17.3 Å². The number of aromatic hydroxyl groups is 1. The molecular formula is C19H14O6S. The second-order valence-electron chi connectivity index (χ2n) is 5.40. The van der Waals surface area contributed by atoms with Gasteiger partial charge in [-0.2, -0.15) is 8.42 Å². The first-order valence-electron chi connectivity index (χ1n) is 7.53. The van der Waals surface area contributed by atoms with Gasteiger partial charge in [-0.3, -0.25) is 9.35 Å². The van der Waals surface area contributed by atoms with Gasteiger partial charge in [-0.05, 0) is 36.4 Å². The average molecular weight is 370 g/mol. The summed E-state index contributed by atoms with van der Waals surface area (Å²) in [6, 6.07) is 18.7. The average Bonchev–Trinajstić information content (AvgIpc) is 2.63. The Labute approximate surface area is 150 Å². The van der Waals surface area contributed by atoms with Crippen LogP contribution in [0.3, 0.4) is 0 Å². The first-order valence-corrected chi connectivity index (χ1v) is 8.97. The number of phenolic OH excluding ortho intramolecular Hbond substituents is 1. The second kappa shape index (κ2) is 6.99. The Morgan fingerprint density at radius 1 is 0.808 bits per heavy atom. The van der Waals surface area contributed by atoms with Gasteiger partial charge < -0.3 is 9.84 Å². The summed E-state index contributed by atoms with van der Waals surface area (Å²) >= 11 is 0. The van der Waals surface area contributed by atoms with E-state index in [1.165, 1.54) is 24.3 Å². The molecule has 0 fully saturated rings. The van der Waals surface area contributed by atoms with Crippen LogP contribution < -0.4 is 4.74 Å². The fraction of sp³-hybridized carbons (Fsp3) is 0. The molecule has 6 nitrogen and oxygen atoms in total. The van der Waals surface area contributed by atoms with Gasteiger partial charge in [0.05, 0.1) is 0 Å². The molecule has 0 spiro atoms. The third-order valence-electron chi connectivity index (χ3n) is 3.62. The van der Waals surface area contributed by atoms with E-state index in [9.17, 15) is 18.3 Å². The third-order valence-corrected chi connectivity index (χ3v) is 4.51. The molecule has 0 unspecified atom stereocenters. The largest absolute Gasteiger partial charge is 0.503 e. The summed E-state index contributed by atoms with van der Waals surface area (Å²) in [7, 11) is -4.57. The lowest BCUT2D eigenvalue weighted by atomic mass is 10.0. The molecule has 0 amide bonds. The second-order valence-corrected chi connectivity index (χ2v) is 6.79. The minimum Gasteiger partial charge on any atom is -0.503 e. The van der Waals surface area contributed by atoms with Crippen LogP contribution in [0.15, 0.2) is 77.7 Å². The molecule has 0 radical (unpaired) electrons. The molecular weight excluding hydrogens is 356 g/mol. The Hall–Kier alpha value is -3.16. The minimum atomic E-state index is -4.57. The van der Waals surface area contributed by atoms with E-state index >= 15 is 0 Å². The minimum absolute atomic E-state index is 0.137. The first-order chi connectivity index (χ1) is 12.4. The number of para-hydroxylation sites is 1. The van der Waals surface area contributed by atoms with Gasteiger partial charge in [-0.1, -0.05) is 36.4 Å². The van der Waals surface area contributed by atoms with Crippen molar-refractivity contribution >= 4 is 15.9 Å². The lowest BCUT2D eigenvalue weighted by molar-refractivity contribution is 0.103. The van der Waals surface area contributed by atoms with E-state index in [2.05, 4.69) is 0 Å². The number of hydrogen-bond acceptors (Lipinski definition) is 5. The maximum absolute atomic E-state index is 12.3. The van der Waals surface area contributed by atoms with Gasteiger partial charge in [0.15, 0.2) is 17.3 Å². The number of benzene rings is 3. The molecule has 7 heteroatoms. The van der Waals surface area contributed by atoms with E-state index in [0.717, 1.165) is 6.07 Å². The van der Waals surface area contributed by atoms with E-state index in [4.69, 9.17) is 9.29 Å². The molecule has 0 atom stereocenters. The molecule has 0 aliphatic rings. The third kappa shape index (κ3) is 3.74. The van der Waals surface area contributed by atoms with Crippen LogP contribution in [0.5, 0.6) is 17.2 Å². The Kier molecular flexibility index (Phi) is 4.75. The van der Waals surface area contributed by atoms with Gasteiger partial charge in [0.1, 0.15) is 10.6 Å². The maximum Gasteiger partial charge on any atom is 0.298 e. The number of ketones is 1. The normalized spacial score (nSPS) is 11.1. The Morgan fingerprint density at radius 3 is 2.04 bits per heavy atom. The molecule has 0 aliphatic carbocycles. The van der Waals surface area contributed by atoms with E-state index in [0.29, 0.717) is 11.1 Å². The van der Waals surface area contributed by atoms with Crippen LogP contribution in [0.25, 0.3) is 0 Å². The molecule has 3 aromatic carbocycles. The summed E-state index contributed by atoms with van der Waals surface area (Å²) in [5.74, 6) is -0.688. The van der Waals surface area contributed by atoms with Crippen molar-refractivity contribution in [3.63, 3.8) is 0 Å². The van der Waals surface area contributed by atoms with Crippen molar-refractivity contribution in [2.75, 3.05) is 0 Å². The summed E-state index contributed by atoms with van der Waals surface area (Å²) in [5.41, 5.74) is 1.01. The first kappa shape index (κ1) is 17.7. The number of ether oxygens (including phenoxy) is 1. The van der Waals surface area contributed by atoms with Gasteiger partial charge in [0.2, 0.25) is 0 Å². The summed E-state index contributed by atoms with van der Waals surface area (Å²) in [4.78, 5) is 11.7. The van der Waals surface area contributed by atoms with Crippen LogP contribution in [0.4, 0.5) is 0 Å². The molecule has 3 rings (SSSR count). The summed E-state index contributed by atoms with van der Waals surface area (Å²) in [5, 5.41) is 9.96. The van der Waals surface area contributed by atoms with Crippen LogP contribution >= 0.6 is 0 Å². The summed E-state index contributed by atoms with van der Waals surface area (Å²) in [6.07, 6.45) is 0. The van der Waals surface area contributed by atoms with E-state index < -0.39 is 20.8 Å². The lowest BCUT2D eigenvalue weighted by Gasteiger charge is -2.10. The Morgan fingerprint density at radius 2 is 1.42 bits per heavy atom. The van der Waals surface area contributed by atoms with Crippen molar-refractivity contribution in [1.29, 1.82) is 0 Å². The molecule has 2 N–H and O–H groups in total. The molecule has 0 bridgehead atoms. The molecule has 0 saturated heterocycles. The van der Waals surface area contributed by atoms with Crippen molar-refractivity contribution in [3.8, 4) is 17.2 Å². The molecule has 3 aromatic rings. The fourth-order valence-corrected chi connectivity index (χ4v) is 2.95. The highest BCUT2D eigenvalue weighted by atomic mass is 32.2.